The minimum absolute atomic E-state index is 0. The lowest BCUT2D eigenvalue weighted by Gasteiger charge is -2.28. The summed E-state index contributed by atoms with van der Waals surface area (Å²) in [5, 5.41) is 3.01. The van der Waals surface area contributed by atoms with Crippen LogP contribution in [0.2, 0.25) is 0 Å². The first kappa shape index (κ1) is 19.4. The quantitative estimate of drug-likeness (QED) is 0.867. The van der Waals surface area contributed by atoms with Crippen molar-refractivity contribution in [2.45, 2.75) is 25.8 Å². The average molecular weight is 363 g/mol. The first-order chi connectivity index (χ1) is 11.6. The van der Waals surface area contributed by atoms with Gasteiger partial charge in [0.1, 0.15) is 5.82 Å². The molecule has 5 heteroatoms. The smallest absolute Gasteiger partial charge is 0.251 e. The predicted octanol–water partition coefficient (Wildman–Crippen LogP) is 4.12. The third-order valence-corrected chi connectivity index (χ3v) is 4.61. The Kier molecular flexibility index (Phi) is 6.97. The molecule has 0 radical (unpaired) electrons. The number of amides is 1. The van der Waals surface area contributed by atoms with Crippen molar-refractivity contribution in [2.24, 2.45) is 0 Å². The normalized spacial score (nSPS) is 15.4. The number of hydrogen-bond acceptors (Lipinski definition) is 2. The molecule has 1 aliphatic rings. The molecule has 1 unspecified atom stereocenters. The van der Waals surface area contributed by atoms with Gasteiger partial charge in [0, 0.05) is 12.1 Å². The number of likely N-dealkylation sites (tertiary alicyclic amines) is 1. The summed E-state index contributed by atoms with van der Waals surface area (Å²) in [5.41, 5.74) is 2.94. The van der Waals surface area contributed by atoms with Crippen molar-refractivity contribution in [3.05, 3.63) is 71.0 Å². The van der Waals surface area contributed by atoms with E-state index in [4.69, 9.17) is 0 Å². The molecule has 1 aliphatic heterocycles. The zero-order chi connectivity index (χ0) is 16.9. The average Bonchev–Trinajstić information content (AvgIpc) is 3.11. The van der Waals surface area contributed by atoms with E-state index in [-0.39, 0.29) is 30.2 Å². The molecule has 1 heterocycles. The number of benzene rings is 2. The van der Waals surface area contributed by atoms with Crippen LogP contribution < -0.4 is 5.32 Å². The van der Waals surface area contributed by atoms with Crippen LogP contribution in [0, 0.1) is 12.7 Å². The third kappa shape index (κ3) is 5.03. The van der Waals surface area contributed by atoms with Gasteiger partial charge in [0.2, 0.25) is 0 Å². The van der Waals surface area contributed by atoms with Crippen LogP contribution in [0.15, 0.2) is 48.5 Å². The van der Waals surface area contributed by atoms with Crippen molar-refractivity contribution in [3.63, 3.8) is 0 Å². The van der Waals surface area contributed by atoms with Crippen LogP contribution in [0.3, 0.4) is 0 Å². The van der Waals surface area contributed by atoms with Crippen LogP contribution in [0.5, 0.6) is 0 Å². The highest BCUT2D eigenvalue weighted by Crippen LogP contribution is 2.25. The summed E-state index contributed by atoms with van der Waals surface area (Å²) in [6.45, 7) is 4.75. The number of carbonyl (C=O) groups excluding carboxylic acids is 1. The molecule has 2 aromatic rings. The van der Waals surface area contributed by atoms with E-state index in [1.165, 1.54) is 48.2 Å². The van der Waals surface area contributed by atoms with Crippen LogP contribution in [0.1, 0.15) is 40.4 Å². The Labute approximate surface area is 154 Å². The van der Waals surface area contributed by atoms with Crippen molar-refractivity contribution in [1.29, 1.82) is 0 Å². The SMILES string of the molecule is Cc1ccc(C(CNC(=O)c2ccc(F)cc2)N2CCCC2)cc1.Cl. The lowest BCUT2D eigenvalue weighted by molar-refractivity contribution is 0.0938. The summed E-state index contributed by atoms with van der Waals surface area (Å²) >= 11 is 0. The minimum atomic E-state index is -0.332. The Morgan fingerprint density at radius 3 is 2.28 bits per heavy atom. The second-order valence-electron chi connectivity index (χ2n) is 6.39. The Hall–Kier alpha value is -1.91. The number of nitrogens with zero attached hydrogens (tertiary/aromatic N) is 1. The monoisotopic (exact) mass is 362 g/mol. The first-order valence-electron chi connectivity index (χ1n) is 8.48. The fourth-order valence-corrected chi connectivity index (χ4v) is 3.19. The lowest BCUT2D eigenvalue weighted by atomic mass is 10.0. The van der Waals surface area contributed by atoms with Crippen molar-refractivity contribution in [2.75, 3.05) is 19.6 Å². The van der Waals surface area contributed by atoms with Crippen LogP contribution in [0.4, 0.5) is 4.39 Å². The van der Waals surface area contributed by atoms with E-state index in [1.807, 2.05) is 0 Å². The number of halogens is 2. The summed E-state index contributed by atoms with van der Waals surface area (Å²) in [6, 6.07) is 14.3. The van der Waals surface area contributed by atoms with Crippen LogP contribution >= 0.6 is 12.4 Å². The maximum atomic E-state index is 13.0. The van der Waals surface area contributed by atoms with Crippen LogP contribution in [-0.2, 0) is 0 Å². The molecule has 25 heavy (non-hydrogen) atoms. The molecule has 2 aromatic carbocycles. The maximum absolute atomic E-state index is 13.0. The second kappa shape index (κ2) is 8.97. The van der Waals surface area contributed by atoms with Gasteiger partial charge >= 0.3 is 0 Å². The fraction of sp³-hybridized carbons (Fsp3) is 0.350. The number of rotatable bonds is 5. The van der Waals surface area contributed by atoms with Gasteiger partial charge in [-0.25, -0.2) is 4.39 Å². The van der Waals surface area contributed by atoms with E-state index in [2.05, 4.69) is 41.4 Å². The summed E-state index contributed by atoms with van der Waals surface area (Å²) in [4.78, 5) is 14.7. The number of carbonyl (C=O) groups is 1. The van der Waals surface area contributed by atoms with Gasteiger partial charge in [0.15, 0.2) is 0 Å². The molecule has 1 amide bonds. The van der Waals surface area contributed by atoms with E-state index < -0.39 is 0 Å². The highest BCUT2D eigenvalue weighted by atomic mass is 35.5. The van der Waals surface area contributed by atoms with Gasteiger partial charge in [-0.05, 0) is 62.7 Å². The van der Waals surface area contributed by atoms with Gasteiger partial charge in [-0.1, -0.05) is 29.8 Å². The zero-order valence-electron chi connectivity index (χ0n) is 14.4. The van der Waals surface area contributed by atoms with Crippen molar-refractivity contribution < 1.29 is 9.18 Å². The molecule has 0 aliphatic carbocycles. The lowest BCUT2D eigenvalue weighted by Crippen LogP contribution is -2.36. The maximum Gasteiger partial charge on any atom is 0.251 e. The molecule has 1 saturated heterocycles. The molecule has 0 spiro atoms. The number of hydrogen-bond donors (Lipinski definition) is 1. The molecular formula is C20H24ClFN2O. The summed E-state index contributed by atoms with van der Waals surface area (Å²) in [6.07, 6.45) is 2.41. The Balaban J connectivity index is 0.00000225. The van der Waals surface area contributed by atoms with E-state index in [9.17, 15) is 9.18 Å². The molecule has 0 bridgehead atoms. The van der Waals surface area contributed by atoms with Gasteiger partial charge in [-0.15, -0.1) is 12.4 Å². The van der Waals surface area contributed by atoms with E-state index >= 15 is 0 Å². The summed E-state index contributed by atoms with van der Waals surface area (Å²) in [5.74, 6) is -0.493. The zero-order valence-corrected chi connectivity index (χ0v) is 15.2. The first-order valence-corrected chi connectivity index (χ1v) is 8.48. The van der Waals surface area contributed by atoms with Gasteiger partial charge < -0.3 is 5.32 Å². The fourth-order valence-electron chi connectivity index (χ4n) is 3.19. The third-order valence-electron chi connectivity index (χ3n) is 4.61. The van der Waals surface area contributed by atoms with Crippen LogP contribution in [-0.4, -0.2) is 30.4 Å². The summed E-state index contributed by atoms with van der Waals surface area (Å²) in [7, 11) is 0. The second-order valence-corrected chi connectivity index (χ2v) is 6.39. The topological polar surface area (TPSA) is 32.3 Å². The van der Waals surface area contributed by atoms with Gasteiger partial charge in [0.05, 0.1) is 6.04 Å². The Bertz CT molecular complexity index is 682. The molecule has 3 rings (SSSR count). The molecule has 0 aromatic heterocycles. The van der Waals surface area contributed by atoms with Crippen molar-refractivity contribution >= 4 is 18.3 Å². The van der Waals surface area contributed by atoms with Gasteiger partial charge in [-0.2, -0.15) is 0 Å². The highest BCUT2D eigenvalue weighted by Gasteiger charge is 2.24. The van der Waals surface area contributed by atoms with Gasteiger partial charge in [-0.3, -0.25) is 9.69 Å². The van der Waals surface area contributed by atoms with E-state index in [0.717, 1.165) is 13.1 Å². The number of nitrogens with one attached hydrogen (secondary N) is 1. The summed E-state index contributed by atoms with van der Waals surface area (Å²) < 4.78 is 13.0. The minimum Gasteiger partial charge on any atom is -0.350 e. The molecule has 1 atom stereocenters. The van der Waals surface area contributed by atoms with Crippen LogP contribution in [0.25, 0.3) is 0 Å². The van der Waals surface area contributed by atoms with E-state index in [0.29, 0.717) is 12.1 Å². The molecule has 1 N–H and O–H groups in total. The van der Waals surface area contributed by atoms with Crippen molar-refractivity contribution in [1.82, 2.24) is 10.2 Å². The standard InChI is InChI=1S/C20H23FN2O.ClH/c1-15-4-6-16(7-5-15)19(23-12-2-3-13-23)14-22-20(24)17-8-10-18(21)11-9-17;/h4-11,19H,2-3,12-14H2,1H3,(H,22,24);1H. The molecule has 0 saturated carbocycles. The van der Waals surface area contributed by atoms with Gasteiger partial charge in [0.25, 0.3) is 5.91 Å². The number of aryl methyl sites for hydroxylation is 1. The Morgan fingerprint density at radius 1 is 1.08 bits per heavy atom. The van der Waals surface area contributed by atoms with Crippen molar-refractivity contribution in [3.8, 4) is 0 Å². The highest BCUT2D eigenvalue weighted by molar-refractivity contribution is 5.94. The predicted molar refractivity (Wildman–Crippen MR) is 101 cm³/mol. The largest absolute Gasteiger partial charge is 0.350 e. The molecular weight excluding hydrogens is 339 g/mol. The molecule has 1 fully saturated rings. The molecule has 3 nitrogen and oxygen atoms in total. The van der Waals surface area contributed by atoms with E-state index in [1.54, 1.807) is 0 Å². The molecule has 134 valence electrons. The Morgan fingerprint density at radius 2 is 1.68 bits per heavy atom.